The molecular weight excluding hydrogens is 296 g/mol. The summed E-state index contributed by atoms with van der Waals surface area (Å²) in [5.41, 5.74) is 4.62. The van der Waals surface area contributed by atoms with Crippen LogP contribution in [0.2, 0.25) is 0 Å². The number of pyridine rings is 1. The van der Waals surface area contributed by atoms with E-state index in [0.717, 1.165) is 32.7 Å². The fraction of sp³-hybridized carbons (Fsp3) is 0.235. The lowest BCUT2D eigenvalue weighted by Gasteiger charge is -2.08. The average molecular weight is 314 g/mol. The van der Waals surface area contributed by atoms with Crippen LogP contribution in [0.3, 0.4) is 0 Å². The highest BCUT2D eigenvalue weighted by molar-refractivity contribution is 7.83. The zero-order chi connectivity index (χ0) is 16.0. The Morgan fingerprint density at radius 3 is 2.23 bits per heavy atom. The molecular formula is C17H18N2O2S. The Morgan fingerprint density at radius 1 is 0.955 bits per heavy atom. The third-order valence-corrected chi connectivity index (χ3v) is 5.58. The first kappa shape index (κ1) is 14.8. The molecule has 0 N–H and O–H groups in total. The summed E-state index contributed by atoms with van der Waals surface area (Å²) in [7, 11) is 0.412. The van der Waals surface area contributed by atoms with Crippen molar-refractivity contribution in [3.8, 4) is 0 Å². The summed E-state index contributed by atoms with van der Waals surface area (Å²) in [6.07, 6.45) is 0. The molecule has 3 rings (SSSR count). The lowest BCUT2D eigenvalue weighted by Crippen LogP contribution is -2.15. The van der Waals surface area contributed by atoms with E-state index < -0.39 is 11.0 Å². The maximum atomic E-state index is 13.0. The number of fused-ring (bicyclic) bond motifs is 1. The van der Waals surface area contributed by atoms with Gasteiger partial charge in [-0.05, 0) is 44.5 Å². The van der Waals surface area contributed by atoms with Crippen molar-refractivity contribution >= 4 is 22.0 Å². The minimum Gasteiger partial charge on any atom is -0.310 e. The normalized spacial score (nSPS) is 12.7. The first-order valence-corrected chi connectivity index (χ1v) is 8.19. The van der Waals surface area contributed by atoms with Gasteiger partial charge in [0.2, 0.25) is 0 Å². The maximum Gasteiger partial charge on any atom is 0.250 e. The first-order valence-electron chi connectivity index (χ1n) is 7.08. The summed E-state index contributed by atoms with van der Waals surface area (Å²) in [6.45, 7) is 5.90. The molecule has 0 radical (unpaired) electrons. The van der Waals surface area contributed by atoms with Crippen molar-refractivity contribution in [2.75, 3.05) is 0 Å². The van der Waals surface area contributed by atoms with Crippen molar-refractivity contribution in [1.82, 2.24) is 8.54 Å². The number of rotatable bonds is 2. The molecule has 5 heteroatoms. The van der Waals surface area contributed by atoms with E-state index >= 15 is 0 Å². The van der Waals surface area contributed by atoms with Crippen LogP contribution >= 0.6 is 0 Å². The topological polar surface area (TPSA) is 44.0 Å². The van der Waals surface area contributed by atoms with Gasteiger partial charge in [-0.1, -0.05) is 17.7 Å². The number of benzene rings is 1. The molecule has 0 fully saturated rings. The second-order valence-corrected chi connectivity index (χ2v) is 6.87. The van der Waals surface area contributed by atoms with Crippen molar-refractivity contribution in [2.24, 2.45) is 7.05 Å². The second kappa shape index (κ2) is 5.25. The molecule has 1 unspecified atom stereocenters. The van der Waals surface area contributed by atoms with Crippen LogP contribution in [-0.4, -0.2) is 12.7 Å². The minimum absolute atomic E-state index is 0.0612. The van der Waals surface area contributed by atoms with Crippen LogP contribution in [0.5, 0.6) is 0 Å². The summed E-state index contributed by atoms with van der Waals surface area (Å²) in [5, 5.41) is 0. The molecule has 0 amide bonds. The van der Waals surface area contributed by atoms with E-state index in [2.05, 4.69) is 0 Å². The SMILES string of the molecule is Cc1ccc(S(=O)n2c(C)c(C)c3c2ccc(=O)n3C)cc1. The Bertz CT molecular complexity index is 949. The molecule has 0 bridgehead atoms. The van der Waals surface area contributed by atoms with Crippen LogP contribution in [0, 0.1) is 20.8 Å². The molecule has 3 aromatic rings. The van der Waals surface area contributed by atoms with E-state index in [1.807, 2.05) is 45.0 Å². The van der Waals surface area contributed by atoms with Gasteiger partial charge in [0.1, 0.15) is 0 Å². The van der Waals surface area contributed by atoms with E-state index in [4.69, 9.17) is 0 Å². The minimum atomic E-state index is -1.33. The Hall–Kier alpha value is -2.14. The predicted molar refractivity (Wildman–Crippen MR) is 89.6 cm³/mol. The van der Waals surface area contributed by atoms with E-state index in [-0.39, 0.29) is 5.56 Å². The fourth-order valence-corrected chi connectivity index (χ4v) is 4.00. The molecule has 1 aromatic carbocycles. The van der Waals surface area contributed by atoms with E-state index in [9.17, 15) is 9.00 Å². The molecule has 0 saturated heterocycles. The van der Waals surface area contributed by atoms with Gasteiger partial charge < -0.3 is 4.57 Å². The zero-order valence-electron chi connectivity index (χ0n) is 13.1. The third-order valence-electron chi connectivity index (χ3n) is 4.10. The van der Waals surface area contributed by atoms with Crippen molar-refractivity contribution < 1.29 is 4.21 Å². The van der Waals surface area contributed by atoms with Gasteiger partial charge in [0.05, 0.1) is 15.9 Å². The van der Waals surface area contributed by atoms with Gasteiger partial charge in [-0.15, -0.1) is 0 Å². The number of nitrogens with zero attached hydrogens (tertiary/aromatic N) is 2. The smallest absolute Gasteiger partial charge is 0.250 e. The molecule has 0 saturated carbocycles. The quantitative estimate of drug-likeness (QED) is 0.730. The molecule has 114 valence electrons. The summed E-state index contributed by atoms with van der Waals surface area (Å²) < 4.78 is 16.4. The third kappa shape index (κ3) is 2.13. The van der Waals surface area contributed by atoms with Crippen molar-refractivity contribution in [2.45, 2.75) is 25.7 Å². The molecule has 22 heavy (non-hydrogen) atoms. The zero-order valence-corrected chi connectivity index (χ0v) is 13.9. The van der Waals surface area contributed by atoms with E-state index in [1.165, 1.54) is 6.07 Å². The molecule has 2 heterocycles. The molecule has 4 nitrogen and oxygen atoms in total. The van der Waals surface area contributed by atoms with Crippen molar-refractivity contribution in [3.63, 3.8) is 0 Å². The van der Waals surface area contributed by atoms with Crippen LogP contribution in [0.1, 0.15) is 16.8 Å². The van der Waals surface area contributed by atoms with Gasteiger partial charge in [-0.2, -0.15) is 0 Å². The second-order valence-electron chi connectivity index (χ2n) is 5.53. The van der Waals surface area contributed by atoms with E-state index in [1.54, 1.807) is 21.7 Å². The standard InChI is InChI=1S/C17H18N2O2S/c1-11-5-7-14(8-6-11)22(21)19-13(3)12(2)17-15(19)9-10-16(20)18(17)4/h5-10H,1-4H3. The van der Waals surface area contributed by atoms with Crippen LogP contribution in [-0.2, 0) is 18.0 Å². The van der Waals surface area contributed by atoms with Crippen LogP contribution in [0.4, 0.5) is 0 Å². The van der Waals surface area contributed by atoms with Crippen LogP contribution < -0.4 is 5.56 Å². The Balaban J connectivity index is 2.30. The molecule has 1 atom stereocenters. The van der Waals surface area contributed by atoms with Gasteiger partial charge in [0, 0.05) is 18.8 Å². The summed E-state index contributed by atoms with van der Waals surface area (Å²) in [6, 6.07) is 10.9. The Kier molecular flexibility index (Phi) is 3.53. The number of hydrogen-bond donors (Lipinski definition) is 0. The first-order chi connectivity index (χ1) is 10.4. The molecule has 0 aliphatic rings. The highest BCUT2D eigenvalue weighted by Gasteiger charge is 2.18. The Morgan fingerprint density at radius 2 is 1.59 bits per heavy atom. The summed E-state index contributed by atoms with van der Waals surface area (Å²) in [5.74, 6) is 0. The van der Waals surface area contributed by atoms with E-state index in [0.29, 0.717) is 0 Å². The fourth-order valence-electron chi connectivity index (χ4n) is 2.71. The highest BCUT2D eigenvalue weighted by atomic mass is 32.2. The van der Waals surface area contributed by atoms with Crippen LogP contribution in [0.15, 0.2) is 46.1 Å². The van der Waals surface area contributed by atoms with Gasteiger partial charge >= 0.3 is 0 Å². The van der Waals surface area contributed by atoms with Gasteiger partial charge in [-0.3, -0.25) is 8.77 Å². The van der Waals surface area contributed by atoms with Crippen molar-refractivity contribution in [1.29, 1.82) is 0 Å². The Labute approximate surface area is 131 Å². The molecule has 0 aliphatic heterocycles. The predicted octanol–water partition coefficient (Wildman–Crippen LogP) is 2.84. The summed E-state index contributed by atoms with van der Waals surface area (Å²) in [4.78, 5) is 12.6. The van der Waals surface area contributed by atoms with Crippen molar-refractivity contribution in [3.05, 3.63) is 63.6 Å². The molecule has 0 spiro atoms. The molecule has 0 aliphatic carbocycles. The number of aryl methyl sites for hydroxylation is 3. The number of hydrogen-bond acceptors (Lipinski definition) is 2. The largest absolute Gasteiger partial charge is 0.310 e. The summed E-state index contributed by atoms with van der Waals surface area (Å²) >= 11 is 0. The highest BCUT2D eigenvalue weighted by Crippen LogP contribution is 2.26. The van der Waals surface area contributed by atoms with Gasteiger partial charge in [0.25, 0.3) is 5.56 Å². The van der Waals surface area contributed by atoms with Gasteiger partial charge in [0.15, 0.2) is 11.0 Å². The molecule has 2 aromatic heterocycles. The average Bonchev–Trinajstić information content (AvgIpc) is 2.75. The van der Waals surface area contributed by atoms with Gasteiger partial charge in [-0.25, -0.2) is 4.21 Å². The number of aromatic nitrogens is 2. The lowest BCUT2D eigenvalue weighted by molar-refractivity contribution is 0.677. The maximum absolute atomic E-state index is 13.0. The van der Waals surface area contributed by atoms with Crippen LogP contribution in [0.25, 0.3) is 11.0 Å². The lowest BCUT2D eigenvalue weighted by atomic mass is 10.2. The monoisotopic (exact) mass is 314 g/mol.